The van der Waals surface area contributed by atoms with Gasteiger partial charge in [-0.15, -0.1) is 0 Å². The Kier molecular flexibility index (Phi) is 7.38. The SMILES string of the molecule is CCOC(=O)c1cc2cc(NC(=O)[C@@H]3[C@H](C4CCCCC4)CCN3C(=O)OC(C)(C)C)ccc2o1. The fourth-order valence-electron chi connectivity index (χ4n) is 5.37. The van der Waals surface area contributed by atoms with Gasteiger partial charge in [0.15, 0.2) is 0 Å². The van der Waals surface area contributed by atoms with Crippen molar-refractivity contribution in [3.05, 3.63) is 30.0 Å². The predicted molar refractivity (Wildman–Crippen MR) is 132 cm³/mol. The van der Waals surface area contributed by atoms with E-state index in [0.29, 0.717) is 29.1 Å². The first-order valence-corrected chi connectivity index (χ1v) is 12.7. The number of likely N-dealkylation sites (tertiary alicyclic amines) is 1. The van der Waals surface area contributed by atoms with E-state index >= 15 is 0 Å². The number of amides is 2. The summed E-state index contributed by atoms with van der Waals surface area (Å²) in [6.45, 7) is 8.00. The molecule has 1 aromatic carbocycles. The molecule has 2 atom stereocenters. The van der Waals surface area contributed by atoms with Gasteiger partial charge in [-0.25, -0.2) is 9.59 Å². The summed E-state index contributed by atoms with van der Waals surface area (Å²) in [5.41, 5.74) is 0.476. The van der Waals surface area contributed by atoms with Gasteiger partial charge >= 0.3 is 12.1 Å². The van der Waals surface area contributed by atoms with E-state index in [1.807, 2.05) is 20.8 Å². The molecule has 4 rings (SSSR count). The maximum Gasteiger partial charge on any atom is 0.410 e. The third-order valence-corrected chi connectivity index (χ3v) is 6.86. The van der Waals surface area contributed by atoms with Crippen LogP contribution in [-0.4, -0.2) is 47.7 Å². The summed E-state index contributed by atoms with van der Waals surface area (Å²) in [5.74, 6) is -0.0816. The van der Waals surface area contributed by atoms with Gasteiger partial charge in [-0.1, -0.05) is 32.1 Å². The number of furan rings is 1. The number of fused-ring (bicyclic) bond motifs is 1. The lowest BCUT2D eigenvalue weighted by molar-refractivity contribution is -0.122. The van der Waals surface area contributed by atoms with Gasteiger partial charge in [-0.2, -0.15) is 0 Å². The molecule has 8 nitrogen and oxygen atoms in total. The number of hydrogen-bond donors (Lipinski definition) is 1. The molecule has 1 aliphatic heterocycles. The van der Waals surface area contributed by atoms with Gasteiger partial charge in [0, 0.05) is 17.6 Å². The summed E-state index contributed by atoms with van der Waals surface area (Å²) < 4.78 is 16.2. The molecule has 2 fully saturated rings. The van der Waals surface area contributed by atoms with Crippen LogP contribution in [0.3, 0.4) is 0 Å². The minimum atomic E-state index is -0.635. The van der Waals surface area contributed by atoms with Crippen molar-refractivity contribution in [1.82, 2.24) is 4.90 Å². The average molecular weight is 485 g/mol. The van der Waals surface area contributed by atoms with Crippen LogP contribution in [0.2, 0.25) is 0 Å². The molecule has 35 heavy (non-hydrogen) atoms. The molecule has 190 valence electrons. The van der Waals surface area contributed by atoms with Crippen molar-refractivity contribution in [3.8, 4) is 0 Å². The standard InChI is InChI=1S/C27H36N2O6/c1-5-33-25(31)22-16-18-15-19(11-12-21(18)34-22)28-24(30)23-20(17-9-7-6-8-10-17)13-14-29(23)26(32)35-27(2,3)4/h11-12,15-17,20,23H,5-10,13-14H2,1-4H3,(H,28,30)/t20-,23-/m0/s1. The van der Waals surface area contributed by atoms with Crippen LogP contribution in [0.25, 0.3) is 11.0 Å². The molecular weight excluding hydrogens is 448 g/mol. The normalized spacial score (nSPS) is 21.2. The van der Waals surface area contributed by atoms with E-state index in [4.69, 9.17) is 13.9 Å². The molecule has 2 aromatic rings. The highest BCUT2D eigenvalue weighted by atomic mass is 16.6. The second-order valence-corrected chi connectivity index (χ2v) is 10.5. The van der Waals surface area contributed by atoms with E-state index in [2.05, 4.69) is 5.32 Å². The maximum absolute atomic E-state index is 13.6. The van der Waals surface area contributed by atoms with Gasteiger partial charge < -0.3 is 19.2 Å². The zero-order valence-electron chi connectivity index (χ0n) is 21.1. The first-order chi connectivity index (χ1) is 16.7. The molecule has 8 heteroatoms. The molecule has 0 bridgehead atoms. The van der Waals surface area contributed by atoms with Crippen LogP contribution >= 0.6 is 0 Å². The second-order valence-electron chi connectivity index (χ2n) is 10.5. The summed E-state index contributed by atoms with van der Waals surface area (Å²) in [7, 11) is 0. The zero-order chi connectivity index (χ0) is 25.2. The Labute approximate surface area is 206 Å². The first kappa shape index (κ1) is 25.1. The minimum absolute atomic E-state index is 0.107. The first-order valence-electron chi connectivity index (χ1n) is 12.7. The predicted octanol–water partition coefficient (Wildman–Crippen LogP) is 5.75. The van der Waals surface area contributed by atoms with Crippen molar-refractivity contribution in [1.29, 1.82) is 0 Å². The molecule has 1 saturated carbocycles. The molecule has 2 amide bonds. The lowest BCUT2D eigenvalue weighted by atomic mass is 9.76. The number of benzene rings is 1. The number of nitrogens with zero attached hydrogens (tertiary/aromatic N) is 1. The number of nitrogens with one attached hydrogen (secondary N) is 1. The third kappa shape index (κ3) is 5.80. The van der Waals surface area contributed by atoms with Crippen LogP contribution < -0.4 is 5.32 Å². The van der Waals surface area contributed by atoms with E-state index in [1.54, 1.807) is 36.1 Å². The molecule has 0 spiro atoms. The number of carbonyl (C=O) groups is 3. The molecule has 1 aliphatic carbocycles. The molecule has 0 unspecified atom stereocenters. The van der Waals surface area contributed by atoms with Crippen LogP contribution in [0.1, 0.15) is 76.8 Å². The van der Waals surface area contributed by atoms with Gasteiger partial charge in [-0.3, -0.25) is 9.69 Å². The molecule has 0 radical (unpaired) electrons. The average Bonchev–Trinajstić information content (AvgIpc) is 3.43. The van der Waals surface area contributed by atoms with Crippen molar-refractivity contribution in [2.24, 2.45) is 11.8 Å². The lowest BCUT2D eigenvalue weighted by Crippen LogP contribution is -2.49. The minimum Gasteiger partial charge on any atom is -0.460 e. The van der Waals surface area contributed by atoms with Crippen molar-refractivity contribution >= 4 is 34.6 Å². The second kappa shape index (κ2) is 10.3. The fraction of sp³-hybridized carbons (Fsp3) is 0.593. The van der Waals surface area contributed by atoms with Gasteiger partial charge in [0.05, 0.1) is 6.61 Å². The number of esters is 1. The highest BCUT2D eigenvalue weighted by Gasteiger charge is 2.46. The Hall–Kier alpha value is -3.03. The van der Waals surface area contributed by atoms with Crippen molar-refractivity contribution < 1.29 is 28.3 Å². The van der Waals surface area contributed by atoms with Gasteiger partial charge in [0.2, 0.25) is 11.7 Å². The summed E-state index contributed by atoms with van der Waals surface area (Å²) in [5, 5.41) is 3.70. The molecule has 1 aromatic heterocycles. The van der Waals surface area contributed by atoms with Crippen LogP contribution in [0, 0.1) is 11.8 Å². The molecule has 1 saturated heterocycles. The quantitative estimate of drug-likeness (QED) is 0.542. The third-order valence-electron chi connectivity index (χ3n) is 6.86. The summed E-state index contributed by atoms with van der Waals surface area (Å²) in [4.78, 5) is 40.3. The van der Waals surface area contributed by atoms with Crippen LogP contribution in [0.5, 0.6) is 0 Å². The molecule has 2 aliphatic rings. The summed E-state index contributed by atoms with van der Waals surface area (Å²) >= 11 is 0. The Morgan fingerprint density at radius 2 is 1.83 bits per heavy atom. The maximum atomic E-state index is 13.6. The topological polar surface area (TPSA) is 98.1 Å². The van der Waals surface area contributed by atoms with E-state index in [0.717, 1.165) is 19.3 Å². The van der Waals surface area contributed by atoms with Gasteiger partial charge in [0.1, 0.15) is 17.2 Å². The smallest absolute Gasteiger partial charge is 0.410 e. The fourth-order valence-corrected chi connectivity index (χ4v) is 5.37. The Morgan fingerprint density at radius 1 is 1.09 bits per heavy atom. The van der Waals surface area contributed by atoms with E-state index in [9.17, 15) is 14.4 Å². The van der Waals surface area contributed by atoms with Crippen molar-refractivity contribution in [3.63, 3.8) is 0 Å². The lowest BCUT2D eigenvalue weighted by Gasteiger charge is -2.34. The number of hydrogen-bond acceptors (Lipinski definition) is 6. The zero-order valence-corrected chi connectivity index (χ0v) is 21.1. The molecule has 2 heterocycles. The highest BCUT2D eigenvalue weighted by Crippen LogP contribution is 2.40. The Morgan fingerprint density at radius 3 is 2.51 bits per heavy atom. The van der Waals surface area contributed by atoms with Crippen LogP contribution in [-0.2, 0) is 14.3 Å². The van der Waals surface area contributed by atoms with E-state index in [1.165, 1.54) is 19.3 Å². The number of rotatable bonds is 5. The number of ether oxygens (including phenoxy) is 2. The van der Waals surface area contributed by atoms with Crippen molar-refractivity contribution in [2.75, 3.05) is 18.5 Å². The Bertz CT molecular complexity index is 1080. The van der Waals surface area contributed by atoms with Gasteiger partial charge in [-0.05, 0) is 70.2 Å². The highest BCUT2D eigenvalue weighted by molar-refractivity contribution is 5.99. The van der Waals surface area contributed by atoms with Gasteiger partial charge in [0.25, 0.3) is 0 Å². The summed E-state index contributed by atoms with van der Waals surface area (Å²) in [6, 6.07) is 6.24. The van der Waals surface area contributed by atoms with Crippen LogP contribution in [0.15, 0.2) is 28.7 Å². The van der Waals surface area contributed by atoms with Crippen molar-refractivity contribution in [2.45, 2.75) is 77.9 Å². The monoisotopic (exact) mass is 484 g/mol. The van der Waals surface area contributed by atoms with E-state index in [-0.39, 0.29) is 24.2 Å². The summed E-state index contributed by atoms with van der Waals surface area (Å²) in [6.07, 6.45) is 6.10. The van der Waals surface area contributed by atoms with Crippen LogP contribution in [0.4, 0.5) is 10.5 Å². The number of anilines is 1. The number of carbonyl (C=O) groups excluding carboxylic acids is 3. The molecule has 1 N–H and O–H groups in total. The molecular formula is C27H36N2O6. The largest absolute Gasteiger partial charge is 0.460 e. The Balaban J connectivity index is 1.55. The van der Waals surface area contributed by atoms with E-state index < -0.39 is 23.7 Å².